The molecule has 13 heavy (non-hydrogen) atoms. The van der Waals surface area contributed by atoms with Gasteiger partial charge in [-0.15, -0.1) is 0 Å². The van der Waals surface area contributed by atoms with Gasteiger partial charge < -0.3 is 24.3 Å². The Morgan fingerprint density at radius 3 is 1.38 bits per heavy atom. The van der Waals surface area contributed by atoms with Crippen LogP contribution < -0.4 is 0 Å². The lowest BCUT2D eigenvalue weighted by molar-refractivity contribution is 0.0260. The summed E-state index contributed by atoms with van der Waals surface area (Å²) >= 11 is -2.18. The first-order valence-electron chi connectivity index (χ1n) is 3.56. The number of hydrogen-bond acceptors (Lipinski definition) is 6. The fraction of sp³-hybridized carbons (Fsp3) is 1.00. The van der Waals surface area contributed by atoms with E-state index in [1.165, 1.54) is 35.5 Å². The first-order chi connectivity index (χ1) is 6.17. The standard InChI is InChI=1S/C3H9O4Si.2CH3O.Al/c1-5-8(4,6-2)7-3;2*1-2;/h1-3H3;2*1H3;/q3*-1;+3. The lowest BCUT2D eigenvalue weighted by Gasteiger charge is -2.24. The molecule has 0 radical (unpaired) electrons. The van der Waals surface area contributed by atoms with Crippen molar-refractivity contribution >= 4 is 24.2 Å². The topological polar surface area (TPSA) is 55.4 Å². The molecule has 0 bridgehead atoms. The van der Waals surface area contributed by atoms with E-state index in [4.69, 9.17) is 24.3 Å². The Morgan fingerprint density at radius 1 is 0.769 bits per heavy atom. The Hall–Kier alpha value is 0.509. The molecule has 0 atom stereocenters. The van der Waals surface area contributed by atoms with Crippen LogP contribution in [0.4, 0.5) is 0 Å². The van der Waals surface area contributed by atoms with E-state index in [0.29, 0.717) is 0 Å². The second kappa shape index (κ2) is 6.89. The van der Waals surface area contributed by atoms with Crippen molar-refractivity contribution in [3.05, 3.63) is 0 Å². The molecule has 0 aromatic carbocycles. The third kappa shape index (κ3) is 4.03. The monoisotopic (exact) mass is 226 g/mol. The van der Waals surface area contributed by atoms with Crippen LogP contribution in [0.3, 0.4) is 0 Å². The van der Waals surface area contributed by atoms with Gasteiger partial charge in [-0.25, -0.2) is 0 Å². The summed E-state index contributed by atoms with van der Waals surface area (Å²) in [5.74, 6) is 0. The van der Waals surface area contributed by atoms with E-state index < -0.39 is 24.2 Å². The number of hydrogen-bond donors (Lipinski definition) is 0. The predicted octanol–water partition coefficient (Wildman–Crippen LogP) is -0.345. The summed E-state index contributed by atoms with van der Waals surface area (Å²) in [4.78, 5) is 0. The van der Waals surface area contributed by atoms with E-state index in [1.807, 2.05) is 0 Å². The van der Waals surface area contributed by atoms with Gasteiger partial charge in [0.2, 0.25) is 0 Å². The van der Waals surface area contributed by atoms with Crippen molar-refractivity contribution in [2.75, 3.05) is 35.5 Å². The maximum Gasteiger partial charge on any atom is 0.898 e. The van der Waals surface area contributed by atoms with E-state index in [9.17, 15) is 0 Å². The Kier molecular flexibility index (Phi) is 7.16. The molecule has 8 heteroatoms. The smallest absolute Gasteiger partial charge is 0.457 e. The van der Waals surface area contributed by atoms with Crippen molar-refractivity contribution in [3.63, 3.8) is 0 Å². The molecule has 78 valence electrons. The first-order valence-corrected chi connectivity index (χ1v) is 6.61. The molecule has 0 amide bonds. The van der Waals surface area contributed by atoms with Crippen molar-refractivity contribution in [3.8, 4) is 0 Å². The average Bonchev–Trinajstić information content (AvgIpc) is 2.21. The van der Waals surface area contributed by atoms with Gasteiger partial charge in [-0.1, -0.05) is 0 Å². The normalized spacial score (nSPS) is 11.8. The largest absolute Gasteiger partial charge is 0.898 e. The maximum atomic E-state index is 5.35. The molecule has 0 aliphatic heterocycles. The quantitative estimate of drug-likeness (QED) is 0.553. The summed E-state index contributed by atoms with van der Waals surface area (Å²) < 4.78 is 30.3. The second-order valence-corrected chi connectivity index (χ2v) is 6.68. The summed E-state index contributed by atoms with van der Waals surface area (Å²) in [5, 5.41) is 0. The minimum absolute atomic E-state index is 1.45. The fourth-order valence-electron chi connectivity index (χ4n) is 0.705. The van der Waals surface area contributed by atoms with Gasteiger partial charge in [0.15, 0.2) is 0 Å². The SMILES string of the molecule is C[O][Al]([O]C)[O][Si](OC)(OC)OC. The van der Waals surface area contributed by atoms with Gasteiger partial charge in [0.1, 0.15) is 0 Å². The molecular weight excluding hydrogens is 211 g/mol. The molecule has 0 unspecified atom stereocenters. The number of rotatable bonds is 7. The van der Waals surface area contributed by atoms with Gasteiger partial charge in [0.25, 0.3) is 0 Å². The Morgan fingerprint density at radius 2 is 1.15 bits per heavy atom. The lowest BCUT2D eigenvalue weighted by atomic mass is 11.8. The van der Waals surface area contributed by atoms with Gasteiger partial charge in [0.05, 0.1) is 0 Å². The molecule has 0 fully saturated rings. The Labute approximate surface area is 84.5 Å². The van der Waals surface area contributed by atoms with Crippen molar-refractivity contribution in [1.82, 2.24) is 0 Å². The van der Waals surface area contributed by atoms with Gasteiger partial charge in [0, 0.05) is 35.5 Å². The highest BCUT2D eigenvalue weighted by Gasteiger charge is 2.49. The Bertz CT molecular complexity index is 120. The molecule has 0 aromatic rings. The van der Waals surface area contributed by atoms with E-state index in [2.05, 4.69) is 0 Å². The van der Waals surface area contributed by atoms with Gasteiger partial charge >= 0.3 is 24.2 Å². The summed E-state index contributed by atoms with van der Waals surface area (Å²) in [5.41, 5.74) is 0. The van der Waals surface area contributed by atoms with Gasteiger partial charge in [-0.2, -0.15) is 0 Å². The summed E-state index contributed by atoms with van der Waals surface area (Å²) in [6.07, 6.45) is 0. The Balaban J connectivity index is 4.21. The van der Waals surface area contributed by atoms with Crippen LogP contribution in [0.15, 0.2) is 0 Å². The van der Waals surface area contributed by atoms with Crippen LogP contribution in [0.25, 0.3) is 0 Å². The van der Waals surface area contributed by atoms with Gasteiger partial charge in [-0.3, -0.25) is 0 Å². The molecule has 0 saturated heterocycles. The molecular formula is C5H15AlO6Si. The first kappa shape index (κ1) is 13.5. The zero-order chi connectivity index (χ0) is 10.3. The zero-order valence-corrected chi connectivity index (χ0v) is 10.7. The van der Waals surface area contributed by atoms with Crippen LogP contribution in [0, 0.1) is 0 Å². The van der Waals surface area contributed by atoms with E-state index in [-0.39, 0.29) is 0 Å². The van der Waals surface area contributed by atoms with Crippen molar-refractivity contribution in [2.45, 2.75) is 0 Å². The highest BCUT2D eigenvalue weighted by atomic mass is 28.4. The highest BCUT2D eigenvalue weighted by molar-refractivity contribution is 6.62. The molecule has 6 nitrogen and oxygen atoms in total. The lowest BCUT2D eigenvalue weighted by Crippen LogP contribution is -2.51. The van der Waals surface area contributed by atoms with Gasteiger partial charge in [-0.05, 0) is 0 Å². The summed E-state index contributed by atoms with van der Waals surface area (Å²) in [6, 6.07) is 0. The third-order valence-corrected chi connectivity index (χ3v) is 5.57. The molecule has 0 spiro atoms. The summed E-state index contributed by atoms with van der Waals surface area (Å²) in [7, 11) is 4.35. The van der Waals surface area contributed by atoms with Crippen LogP contribution in [-0.2, 0) is 24.3 Å². The molecule has 0 aliphatic rings. The van der Waals surface area contributed by atoms with Crippen LogP contribution in [-0.4, -0.2) is 59.7 Å². The van der Waals surface area contributed by atoms with Crippen LogP contribution in [0.2, 0.25) is 0 Å². The van der Waals surface area contributed by atoms with Crippen LogP contribution in [0.1, 0.15) is 0 Å². The van der Waals surface area contributed by atoms with Crippen molar-refractivity contribution in [2.24, 2.45) is 0 Å². The maximum absolute atomic E-state index is 5.35. The zero-order valence-electron chi connectivity index (χ0n) is 8.53. The molecule has 0 heterocycles. The minimum Gasteiger partial charge on any atom is -0.457 e. The molecule has 0 aliphatic carbocycles. The average molecular weight is 226 g/mol. The molecule has 0 aromatic heterocycles. The molecule has 0 N–H and O–H groups in total. The summed E-state index contributed by atoms with van der Waals surface area (Å²) in [6.45, 7) is 0. The van der Waals surface area contributed by atoms with E-state index in [1.54, 1.807) is 0 Å². The minimum atomic E-state index is -3.01. The van der Waals surface area contributed by atoms with Crippen LogP contribution >= 0.6 is 0 Å². The van der Waals surface area contributed by atoms with E-state index >= 15 is 0 Å². The highest BCUT2D eigenvalue weighted by Crippen LogP contribution is 2.09. The molecule has 0 saturated carbocycles. The van der Waals surface area contributed by atoms with E-state index in [0.717, 1.165) is 0 Å². The fourth-order valence-corrected chi connectivity index (χ4v) is 4.26. The van der Waals surface area contributed by atoms with Crippen LogP contribution in [0.5, 0.6) is 0 Å². The van der Waals surface area contributed by atoms with Crippen molar-refractivity contribution in [1.29, 1.82) is 0 Å². The van der Waals surface area contributed by atoms with Crippen molar-refractivity contribution < 1.29 is 24.3 Å². The third-order valence-electron chi connectivity index (χ3n) is 1.38. The second-order valence-electron chi connectivity index (χ2n) is 1.99. The molecule has 0 rings (SSSR count). The predicted molar refractivity (Wildman–Crippen MR) is 47.6 cm³/mol.